The second-order valence-electron chi connectivity index (χ2n) is 8.29. The fraction of sp³-hybridized carbons (Fsp3) is 0.476. The molecule has 9 nitrogen and oxygen atoms in total. The molecular formula is C21H28ClN5O4. The van der Waals surface area contributed by atoms with E-state index in [2.05, 4.69) is 15.3 Å². The molecule has 1 saturated heterocycles. The molecule has 0 aliphatic carbocycles. The third-order valence-electron chi connectivity index (χ3n) is 4.83. The van der Waals surface area contributed by atoms with Gasteiger partial charge in [-0.1, -0.05) is 11.6 Å². The highest BCUT2D eigenvalue weighted by atomic mass is 35.5. The largest absolute Gasteiger partial charge is 0.506 e. The topological polar surface area (TPSA) is 134 Å². The number of aromatic nitrogens is 2. The number of aryl methyl sites for hydroxylation is 1. The first-order chi connectivity index (χ1) is 14.5. The maximum Gasteiger partial charge on any atom is 0.227 e. The monoisotopic (exact) mass is 449 g/mol. The Morgan fingerprint density at radius 1 is 1.39 bits per heavy atom. The highest BCUT2D eigenvalue weighted by molar-refractivity contribution is 6.32. The van der Waals surface area contributed by atoms with Gasteiger partial charge in [0.2, 0.25) is 11.9 Å². The van der Waals surface area contributed by atoms with E-state index in [1.165, 1.54) is 26.0 Å². The van der Waals surface area contributed by atoms with E-state index in [1.54, 1.807) is 0 Å². The maximum atomic E-state index is 12.1. The molecule has 1 aromatic heterocycles. The summed E-state index contributed by atoms with van der Waals surface area (Å²) < 4.78 is 5.76. The Kier molecular flexibility index (Phi) is 6.88. The number of nitrogens with two attached hydrogens (primary N) is 1. The van der Waals surface area contributed by atoms with Crippen molar-refractivity contribution in [3.63, 3.8) is 0 Å². The van der Waals surface area contributed by atoms with Crippen LogP contribution in [0, 0.1) is 6.92 Å². The molecule has 1 unspecified atom stereocenters. The van der Waals surface area contributed by atoms with E-state index >= 15 is 0 Å². The molecule has 2 aromatic rings. The summed E-state index contributed by atoms with van der Waals surface area (Å²) in [4.78, 5) is 22.7. The predicted molar refractivity (Wildman–Crippen MR) is 119 cm³/mol. The first-order valence-electron chi connectivity index (χ1n) is 10.0. The van der Waals surface area contributed by atoms with Crippen molar-refractivity contribution in [3.8, 4) is 5.75 Å². The van der Waals surface area contributed by atoms with E-state index in [9.17, 15) is 15.0 Å². The molecule has 1 atom stereocenters. The molecule has 0 spiro atoms. The number of phenols is 1. The van der Waals surface area contributed by atoms with Crippen molar-refractivity contribution in [2.24, 2.45) is 0 Å². The van der Waals surface area contributed by atoms with Crippen molar-refractivity contribution in [1.82, 2.24) is 9.97 Å². The number of rotatable bonds is 5. The first-order valence-corrected chi connectivity index (χ1v) is 10.4. The standard InChI is InChI=1S/C21H28ClN5O4/c1-12-7-18(26-20(23)24-12)27-5-4-6-31-11-16(27)13-8-17(28)15(9-14(13)22)25-19(29)10-21(2,3)30/h7-9,16,28,30H,4-6,10-11H2,1-3H3,(H,25,29)(H2,23,24,26). The van der Waals surface area contributed by atoms with Gasteiger partial charge in [0.1, 0.15) is 11.6 Å². The van der Waals surface area contributed by atoms with E-state index in [4.69, 9.17) is 22.1 Å². The molecular weight excluding hydrogens is 422 g/mol. The summed E-state index contributed by atoms with van der Waals surface area (Å²) in [5, 5.41) is 23.3. The van der Waals surface area contributed by atoms with Crippen LogP contribution in [-0.2, 0) is 9.53 Å². The number of benzene rings is 1. The number of aliphatic hydroxyl groups is 1. The zero-order valence-electron chi connectivity index (χ0n) is 17.9. The van der Waals surface area contributed by atoms with Gasteiger partial charge >= 0.3 is 0 Å². The number of hydrogen-bond acceptors (Lipinski definition) is 8. The van der Waals surface area contributed by atoms with Crippen molar-refractivity contribution < 1.29 is 19.7 Å². The summed E-state index contributed by atoms with van der Waals surface area (Å²) >= 11 is 6.57. The minimum atomic E-state index is -1.17. The highest BCUT2D eigenvalue weighted by Gasteiger charge is 2.28. The molecule has 1 aliphatic rings. The van der Waals surface area contributed by atoms with Crippen molar-refractivity contribution in [3.05, 3.63) is 34.5 Å². The number of nitrogens with zero attached hydrogens (tertiary/aromatic N) is 3. The van der Waals surface area contributed by atoms with Gasteiger partial charge in [0.25, 0.3) is 0 Å². The normalized spacial score (nSPS) is 17.3. The zero-order chi connectivity index (χ0) is 22.8. The molecule has 168 valence electrons. The summed E-state index contributed by atoms with van der Waals surface area (Å²) in [6, 6.07) is 4.53. The first kappa shape index (κ1) is 23.1. The minimum Gasteiger partial charge on any atom is -0.506 e. The molecule has 1 fully saturated rings. The number of anilines is 3. The number of ether oxygens (including phenoxy) is 1. The second-order valence-corrected chi connectivity index (χ2v) is 8.70. The molecule has 0 radical (unpaired) electrons. The van der Waals surface area contributed by atoms with E-state index in [0.717, 1.165) is 12.1 Å². The van der Waals surface area contributed by atoms with Crippen molar-refractivity contribution >= 4 is 35.0 Å². The Morgan fingerprint density at radius 3 is 2.81 bits per heavy atom. The zero-order valence-corrected chi connectivity index (χ0v) is 18.6. The average Bonchev–Trinajstić information content (AvgIpc) is 2.88. The van der Waals surface area contributed by atoms with E-state index in [0.29, 0.717) is 36.2 Å². The van der Waals surface area contributed by atoms with Crippen molar-refractivity contribution in [2.45, 2.75) is 45.3 Å². The Labute approximate surface area is 186 Å². The number of phenolic OH excluding ortho intramolecular Hbond substituents is 1. The van der Waals surface area contributed by atoms with Crippen LogP contribution in [0.25, 0.3) is 0 Å². The van der Waals surface area contributed by atoms with Gasteiger partial charge in [-0.15, -0.1) is 0 Å². The number of hydrogen-bond donors (Lipinski definition) is 4. The Bertz CT molecular complexity index is 943. The molecule has 3 rings (SSSR count). The van der Waals surface area contributed by atoms with Crippen LogP contribution in [0.5, 0.6) is 5.75 Å². The van der Waals surface area contributed by atoms with Gasteiger partial charge in [0.05, 0.1) is 30.4 Å². The summed E-state index contributed by atoms with van der Waals surface area (Å²) in [5.41, 5.74) is 6.23. The third kappa shape index (κ3) is 5.96. The average molecular weight is 450 g/mol. The van der Waals surface area contributed by atoms with Crippen LogP contribution in [-0.4, -0.2) is 51.4 Å². The number of halogens is 1. The quantitative estimate of drug-likeness (QED) is 0.512. The van der Waals surface area contributed by atoms with E-state index in [-0.39, 0.29) is 29.8 Å². The van der Waals surface area contributed by atoms with Crippen LogP contribution in [0.15, 0.2) is 18.2 Å². The van der Waals surface area contributed by atoms with Gasteiger partial charge in [0.15, 0.2) is 0 Å². The Hall–Kier alpha value is -2.62. The number of aromatic hydroxyl groups is 1. The number of nitrogens with one attached hydrogen (secondary N) is 1. The summed E-state index contributed by atoms with van der Waals surface area (Å²) in [7, 11) is 0. The van der Waals surface area contributed by atoms with Gasteiger partial charge in [-0.3, -0.25) is 4.79 Å². The number of carbonyl (C=O) groups is 1. The van der Waals surface area contributed by atoms with Gasteiger partial charge in [-0.05, 0) is 44.9 Å². The van der Waals surface area contributed by atoms with Gasteiger partial charge in [-0.25, -0.2) is 4.98 Å². The number of carbonyl (C=O) groups excluding carboxylic acids is 1. The molecule has 0 saturated carbocycles. The molecule has 1 aliphatic heterocycles. The number of nitrogen functional groups attached to an aromatic ring is 1. The van der Waals surface area contributed by atoms with Crippen molar-refractivity contribution in [1.29, 1.82) is 0 Å². The lowest BCUT2D eigenvalue weighted by molar-refractivity contribution is -0.119. The fourth-order valence-corrected chi connectivity index (χ4v) is 3.84. The second kappa shape index (κ2) is 9.25. The molecule has 1 amide bonds. The van der Waals surface area contributed by atoms with Crippen LogP contribution in [0.2, 0.25) is 5.02 Å². The van der Waals surface area contributed by atoms with Crippen LogP contribution < -0.4 is 16.0 Å². The molecule has 31 heavy (non-hydrogen) atoms. The summed E-state index contributed by atoms with van der Waals surface area (Å²) in [5.74, 6) is 0.264. The fourth-order valence-electron chi connectivity index (χ4n) is 3.55. The number of amides is 1. The van der Waals surface area contributed by atoms with Crippen LogP contribution in [0.4, 0.5) is 17.5 Å². The minimum absolute atomic E-state index is 0.120. The van der Waals surface area contributed by atoms with Crippen molar-refractivity contribution in [2.75, 3.05) is 35.7 Å². The lowest BCUT2D eigenvalue weighted by atomic mass is 10.0. The molecule has 1 aromatic carbocycles. The highest BCUT2D eigenvalue weighted by Crippen LogP contribution is 2.38. The Balaban J connectivity index is 1.93. The summed E-state index contributed by atoms with van der Waals surface area (Å²) in [6.07, 6.45) is 0.665. The van der Waals surface area contributed by atoms with E-state index < -0.39 is 11.5 Å². The van der Waals surface area contributed by atoms with Gasteiger partial charge in [0, 0.05) is 29.9 Å². The Morgan fingerprint density at radius 2 is 2.13 bits per heavy atom. The molecule has 10 heteroatoms. The SMILES string of the molecule is Cc1cc(N2CCCOCC2c2cc(O)c(NC(=O)CC(C)(C)O)cc2Cl)nc(N)n1. The van der Waals surface area contributed by atoms with E-state index in [1.807, 2.05) is 17.9 Å². The lowest BCUT2D eigenvalue weighted by Crippen LogP contribution is -2.32. The smallest absolute Gasteiger partial charge is 0.227 e. The van der Waals surface area contributed by atoms with Crippen LogP contribution in [0.1, 0.15) is 44.0 Å². The third-order valence-corrected chi connectivity index (χ3v) is 5.16. The van der Waals surface area contributed by atoms with Gasteiger partial charge < -0.3 is 30.9 Å². The van der Waals surface area contributed by atoms with Crippen LogP contribution in [0.3, 0.4) is 0 Å². The predicted octanol–water partition coefficient (Wildman–Crippen LogP) is 2.79. The molecule has 5 N–H and O–H groups in total. The summed E-state index contributed by atoms with van der Waals surface area (Å²) in [6.45, 7) is 6.49. The lowest BCUT2D eigenvalue weighted by Gasteiger charge is -2.31. The van der Waals surface area contributed by atoms with Gasteiger partial charge in [-0.2, -0.15) is 4.98 Å². The molecule has 2 heterocycles. The van der Waals surface area contributed by atoms with Crippen LogP contribution >= 0.6 is 11.6 Å². The maximum absolute atomic E-state index is 12.1. The molecule has 0 bridgehead atoms.